The van der Waals surface area contributed by atoms with Gasteiger partial charge in [0, 0.05) is 10.0 Å². The highest BCUT2D eigenvalue weighted by molar-refractivity contribution is 9.10. The predicted molar refractivity (Wildman–Crippen MR) is 86.3 cm³/mol. The second kappa shape index (κ2) is 7.22. The molecule has 0 unspecified atom stereocenters. The molecule has 5 heteroatoms. The first-order valence-electron chi connectivity index (χ1n) is 6.66. The van der Waals surface area contributed by atoms with Gasteiger partial charge in [0.05, 0.1) is 12.7 Å². The topological polar surface area (TPSA) is 52.6 Å². The van der Waals surface area contributed by atoms with E-state index in [1.54, 1.807) is 56.5 Å². The molecule has 0 saturated carbocycles. The number of carbonyl (C=O) groups is 2. The summed E-state index contributed by atoms with van der Waals surface area (Å²) in [5.74, 6) is -0.128. The molecule has 2 aromatic carbocycles. The van der Waals surface area contributed by atoms with Crippen LogP contribution in [0.5, 0.6) is 5.75 Å². The van der Waals surface area contributed by atoms with Crippen molar-refractivity contribution in [2.75, 3.05) is 7.11 Å². The van der Waals surface area contributed by atoms with Crippen LogP contribution in [0.2, 0.25) is 0 Å². The quantitative estimate of drug-likeness (QED) is 0.598. The number of benzene rings is 2. The Hall–Kier alpha value is -2.14. The maximum absolute atomic E-state index is 12.3. The zero-order chi connectivity index (χ0) is 16.1. The van der Waals surface area contributed by atoms with Gasteiger partial charge in [-0.1, -0.05) is 22.0 Å². The lowest BCUT2D eigenvalue weighted by Crippen LogP contribution is -2.24. The van der Waals surface area contributed by atoms with Crippen molar-refractivity contribution in [1.29, 1.82) is 0 Å². The van der Waals surface area contributed by atoms with Gasteiger partial charge in [-0.25, -0.2) is 4.79 Å². The highest BCUT2D eigenvalue weighted by Crippen LogP contribution is 2.16. The maximum atomic E-state index is 12.3. The van der Waals surface area contributed by atoms with Crippen LogP contribution < -0.4 is 4.74 Å². The Balaban J connectivity index is 2.05. The minimum absolute atomic E-state index is 0.258. The van der Waals surface area contributed by atoms with Crippen LogP contribution in [-0.2, 0) is 4.74 Å². The van der Waals surface area contributed by atoms with E-state index in [4.69, 9.17) is 9.47 Å². The SMILES string of the molecule is COc1ccc(C(=O)[C@H](C)OC(=O)c2cccc(Br)c2)cc1. The predicted octanol–water partition coefficient (Wildman–Crippen LogP) is 3.89. The Morgan fingerprint density at radius 1 is 1.05 bits per heavy atom. The van der Waals surface area contributed by atoms with Crippen LogP contribution in [0.4, 0.5) is 0 Å². The summed E-state index contributed by atoms with van der Waals surface area (Å²) >= 11 is 3.29. The lowest BCUT2D eigenvalue weighted by Gasteiger charge is -2.12. The number of halogens is 1. The van der Waals surface area contributed by atoms with Crippen molar-refractivity contribution in [1.82, 2.24) is 0 Å². The molecule has 0 amide bonds. The lowest BCUT2D eigenvalue weighted by molar-refractivity contribution is 0.0318. The Kier molecular flexibility index (Phi) is 5.33. The highest BCUT2D eigenvalue weighted by atomic mass is 79.9. The van der Waals surface area contributed by atoms with Crippen molar-refractivity contribution in [2.24, 2.45) is 0 Å². The average molecular weight is 363 g/mol. The van der Waals surface area contributed by atoms with Crippen molar-refractivity contribution < 1.29 is 19.1 Å². The lowest BCUT2D eigenvalue weighted by atomic mass is 10.1. The van der Waals surface area contributed by atoms with Gasteiger partial charge < -0.3 is 9.47 Å². The number of rotatable bonds is 5. The van der Waals surface area contributed by atoms with E-state index in [9.17, 15) is 9.59 Å². The van der Waals surface area contributed by atoms with Gasteiger partial charge in [0.1, 0.15) is 5.75 Å². The molecule has 0 saturated heterocycles. The number of ketones is 1. The summed E-state index contributed by atoms with van der Waals surface area (Å²) in [6.45, 7) is 1.56. The van der Waals surface area contributed by atoms with E-state index in [0.717, 1.165) is 4.47 Å². The van der Waals surface area contributed by atoms with E-state index in [1.165, 1.54) is 0 Å². The van der Waals surface area contributed by atoms with Crippen LogP contribution in [-0.4, -0.2) is 25.0 Å². The summed E-state index contributed by atoms with van der Waals surface area (Å²) < 4.78 is 11.0. The van der Waals surface area contributed by atoms with E-state index < -0.39 is 12.1 Å². The molecule has 22 heavy (non-hydrogen) atoms. The number of ether oxygens (including phenoxy) is 2. The number of esters is 1. The molecule has 2 rings (SSSR count). The van der Waals surface area contributed by atoms with Crippen LogP contribution in [0, 0.1) is 0 Å². The molecule has 0 aliphatic rings. The Morgan fingerprint density at radius 2 is 1.73 bits per heavy atom. The number of hydrogen-bond donors (Lipinski definition) is 0. The van der Waals surface area contributed by atoms with Gasteiger partial charge >= 0.3 is 5.97 Å². The number of carbonyl (C=O) groups excluding carboxylic acids is 2. The molecule has 0 spiro atoms. The summed E-state index contributed by atoms with van der Waals surface area (Å²) in [6.07, 6.45) is -0.861. The fourth-order valence-electron chi connectivity index (χ4n) is 1.89. The molecule has 2 aromatic rings. The van der Waals surface area contributed by atoms with Gasteiger partial charge in [0.25, 0.3) is 0 Å². The maximum Gasteiger partial charge on any atom is 0.338 e. The van der Waals surface area contributed by atoms with Gasteiger partial charge in [-0.2, -0.15) is 0 Å². The van der Waals surface area contributed by atoms with Crippen molar-refractivity contribution in [3.63, 3.8) is 0 Å². The molecule has 0 heterocycles. The smallest absolute Gasteiger partial charge is 0.338 e. The molecule has 114 valence electrons. The monoisotopic (exact) mass is 362 g/mol. The third-order valence-electron chi connectivity index (χ3n) is 3.09. The van der Waals surface area contributed by atoms with Crippen LogP contribution in [0.1, 0.15) is 27.6 Å². The fraction of sp³-hybridized carbons (Fsp3) is 0.176. The summed E-state index contributed by atoms with van der Waals surface area (Å²) in [7, 11) is 1.55. The largest absolute Gasteiger partial charge is 0.497 e. The van der Waals surface area contributed by atoms with E-state index in [1.807, 2.05) is 6.07 Å². The van der Waals surface area contributed by atoms with E-state index in [2.05, 4.69) is 15.9 Å². The highest BCUT2D eigenvalue weighted by Gasteiger charge is 2.20. The first-order valence-corrected chi connectivity index (χ1v) is 7.45. The normalized spacial score (nSPS) is 11.6. The number of hydrogen-bond acceptors (Lipinski definition) is 4. The first kappa shape index (κ1) is 16.2. The third-order valence-corrected chi connectivity index (χ3v) is 3.58. The van der Waals surface area contributed by atoms with Crippen LogP contribution >= 0.6 is 15.9 Å². The zero-order valence-electron chi connectivity index (χ0n) is 12.2. The van der Waals surface area contributed by atoms with Gasteiger partial charge in [0.2, 0.25) is 5.78 Å². The number of methoxy groups -OCH3 is 1. The molecule has 0 fully saturated rings. The molecule has 0 aliphatic carbocycles. The van der Waals surface area contributed by atoms with Crippen LogP contribution in [0.15, 0.2) is 53.0 Å². The molecule has 0 aromatic heterocycles. The Bertz CT molecular complexity index is 679. The third kappa shape index (κ3) is 3.95. The molecular formula is C17H15BrO4. The Morgan fingerprint density at radius 3 is 2.32 bits per heavy atom. The molecular weight excluding hydrogens is 348 g/mol. The summed E-state index contributed by atoms with van der Waals surface area (Å²) in [4.78, 5) is 24.3. The molecule has 0 radical (unpaired) electrons. The summed E-state index contributed by atoms with van der Waals surface area (Å²) in [5, 5.41) is 0. The second-order valence-corrected chi connectivity index (χ2v) is 5.57. The fourth-order valence-corrected chi connectivity index (χ4v) is 2.29. The summed E-state index contributed by atoms with van der Waals surface area (Å²) in [6, 6.07) is 13.5. The second-order valence-electron chi connectivity index (χ2n) is 4.65. The molecule has 4 nitrogen and oxygen atoms in total. The molecule has 0 N–H and O–H groups in total. The first-order chi connectivity index (χ1) is 10.5. The molecule has 0 aliphatic heterocycles. The van der Waals surface area contributed by atoms with Crippen molar-refractivity contribution in [2.45, 2.75) is 13.0 Å². The van der Waals surface area contributed by atoms with Gasteiger partial charge in [0.15, 0.2) is 6.10 Å². The van der Waals surface area contributed by atoms with E-state index >= 15 is 0 Å². The Labute approximate surface area is 137 Å². The van der Waals surface area contributed by atoms with E-state index in [0.29, 0.717) is 16.9 Å². The van der Waals surface area contributed by atoms with Crippen molar-refractivity contribution in [3.8, 4) is 5.75 Å². The van der Waals surface area contributed by atoms with Crippen LogP contribution in [0.3, 0.4) is 0 Å². The molecule has 1 atom stereocenters. The van der Waals surface area contributed by atoms with Gasteiger partial charge in [-0.05, 0) is 49.4 Å². The van der Waals surface area contributed by atoms with Gasteiger partial charge in [-0.15, -0.1) is 0 Å². The molecule has 0 bridgehead atoms. The van der Waals surface area contributed by atoms with Crippen molar-refractivity contribution in [3.05, 3.63) is 64.1 Å². The zero-order valence-corrected chi connectivity index (χ0v) is 13.8. The van der Waals surface area contributed by atoms with Gasteiger partial charge in [-0.3, -0.25) is 4.79 Å². The van der Waals surface area contributed by atoms with Crippen LogP contribution in [0.25, 0.3) is 0 Å². The average Bonchev–Trinajstić information content (AvgIpc) is 2.54. The summed E-state index contributed by atoms with van der Waals surface area (Å²) in [5.41, 5.74) is 0.860. The van der Waals surface area contributed by atoms with E-state index in [-0.39, 0.29) is 5.78 Å². The van der Waals surface area contributed by atoms with Crippen molar-refractivity contribution >= 4 is 27.7 Å². The standard InChI is InChI=1S/C17H15BrO4/c1-11(16(19)12-6-8-15(21-2)9-7-12)22-17(20)13-4-3-5-14(18)10-13/h3-11H,1-2H3/t11-/m0/s1. The number of Topliss-reactive ketones (excluding diaryl/α,β-unsaturated/α-hetero) is 1. The minimum Gasteiger partial charge on any atom is -0.497 e. The minimum atomic E-state index is -0.861.